The van der Waals surface area contributed by atoms with Crippen LogP contribution in [-0.2, 0) is 20.3 Å². The van der Waals surface area contributed by atoms with Crippen molar-refractivity contribution in [1.82, 2.24) is 18.7 Å². The highest BCUT2D eigenvalue weighted by Gasteiger charge is 2.39. The van der Waals surface area contributed by atoms with E-state index in [1.165, 1.54) is 3.97 Å². The highest BCUT2D eigenvalue weighted by Crippen LogP contribution is 2.42. The molecule has 0 spiro atoms. The van der Waals surface area contributed by atoms with Gasteiger partial charge in [0.15, 0.2) is 5.65 Å². The normalized spacial score (nSPS) is 11.8. The van der Waals surface area contributed by atoms with Crippen LogP contribution in [0.3, 0.4) is 0 Å². The zero-order valence-electron chi connectivity index (χ0n) is 28.8. The van der Waals surface area contributed by atoms with E-state index < -0.39 is 21.5 Å². The third-order valence-corrected chi connectivity index (χ3v) is 11.1. The van der Waals surface area contributed by atoms with Crippen molar-refractivity contribution in [1.29, 1.82) is 0 Å². The molecule has 0 radical (unpaired) electrons. The molecule has 0 saturated heterocycles. The van der Waals surface area contributed by atoms with E-state index in [2.05, 4.69) is 36.4 Å². The number of nitrogens with zero attached hydrogens (tertiary/aromatic N) is 4. The van der Waals surface area contributed by atoms with Crippen molar-refractivity contribution in [2.45, 2.75) is 17.4 Å². The summed E-state index contributed by atoms with van der Waals surface area (Å²) in [5.74, 6) is -0.396. The number of fused-ring (bicyclic) bond motifs is 1. The number of pyridine rings is 1. The maximum absolute atomic E-state index is 14.2. The van der Waals surface area contributed by atoms with Gasteiger partial charge in [0.1, 0.15) is 5.54 Å². The molecule has 0 unspecified atom stereocenters. The average molecular weight is 715 g/mol. The number of carbonyl (C=O) groups excluding carboxylic acids is 1. The van der Waals surface area contributed by atoms with Crippen molar-refractivity contribution in [2.75, 3.05) is 6.61 Å². The second-order valence-corrected chi connectivity index (χ2v) is 14.3. The highest BCUT2D eigenvalue weighted by molar-refractivity contribution is 7.90. The Morgan fingerprint density at radius 3 is 1.75 bits per heavy atom. The van der Waals surface area contributed by atoms with E-state index >= 15 is 0 Å². The van der Waals surface area contributed by atoms with E-state index in [0.717, 1.165) is 27.8 Å². The minimum absolute atomic E-state index is 0.149. The van der Waals surface area contributed by atoms with E-state index in [1.807, 2.05) is 83.7 Å². The second-order valence-electron chi connectivity index (χ2n) is 12.5. The predicted octanol–water partition coefficient (Wildman–Crippen LogP) is 8.82. The summed E-state index contributed by atoms with van der Waals surface area (Å²) in [5, 5.41) is 5.67. The highest BCUT2D eigenvalue weighted by atomic mass is 32.2. The Kier molecular flexibility index (Phi) is 8.77. The first-order valence-corrected chi connectivity index (χ1v) is 18.7. The first-order chi connectivity index (χ1) is 25.9. The lowest BCUT2D eigenvalue weighted by Gasteiger charge is -2.36. The lowest BCUT2D eigenvalue weighted by molar-refractivity contribution is 0.0526. The van der Waals surface area contributed by atoms with Crippen molar-refractivity contribution >= 4 is 27.0 Å². The number of esters is 1. The fourth-order valence-electron chi connectivity index (χ4n) is 6.95. The van der Waals surface area contributed by atoms with Gasteiger partial charge in [0, 0.05) is 40.7 Å². The van der Waals surface area contributed by atoms with Gasteiger partial charge in [-0.3, -0.25) is 4.68 Å². The first kappa shape index (κ1) is 33.6. The van der Waals surface area contributed by atoms with Gasteiger partial charge in [-0.25, -0.2) is 22.2 Å². The first-order valence-electron chi connectivity index (χ1n) is 17.2. The van der Waals surface area contributed by atoms with Crippen LogP contribution in [0.25, 0.3) is 33.3 Å². The Labute approximate surface area is 307 Å². The van der Waals surface area contributed by atoms with Crippen molar-refractivity contribution in [3.63, 3.8) is 0 Å². The zero-order chi connectivity index (χ0) is 36.4. The smallest absolute Gasteiger partial charge is 0.338 e. The molecule has 8 aromatic rings. The van der Waals surface area contributed by atoms with E-state index in [4.69, 9.17) is 14.8 Å². The summed E-state index contributed by atoms with van der Waals surface area (Å²) >= 11 is 0. The van der Waals surface area contributed by atoms with Crippen molar-refractivity contribution in [2.24, 2.45) is 0 Å². The van der Waals surface area contributed by atoms with E-state index in [9.17, 15) is 13.2 Å². The number of hydrogen-bond donors (Lipinski definition) is 0. The number of hydrogen-bond acceptors (Lipinski definition) is 6. The molecule has 0 N–H and O–H groups in total. The molecule has 5 aromatic carbocycles. The number of aromatic nitrogens is 4. The van der Waals surface area contributed by atoms with E-state index in [-0.39, 0.29) is 17.1 Å². The van der Waals surface area contributed by atoms with Crippen LogP contribution < -0.4 is 0 Å². The van der Waals surface area contributed by atoms with Crippen molar-refractivity contribution in [3.8, 4) is 22.3 Å². The molecule has 8 nitrogen and oxygen atoms in total. The van der Waals surface area contributed by atoms with E-state index in [1.54, 1.807) is 68.0 Å². The molecule has 9 heteroatoms. The molecule has 0 amide bonds. The predicted molar refractivity (Wildman–Crippen MR) is 206 cm³/mol. The number of carbonyl (C=O) groups is 1. The average Bonchev–Trinajstić information content (AvgIpc) is 3.86. The van der Waals surface area contributed by atoms with Gasteiger partial charge in [0.25, 0.3) is 10.0 Å². The molecule has 0 saturated carbocycles. The van der Waals surface area contributed by atoms with Gasteiger partial charge in [-0.05, 0) is 59.5 Å². The van der Waals surface area contributed by atoms with Crippen LogP contribution >= 0.6 is 0 Å². The third kappa shape index (κ3) is 5.91. The molecule has 8 rings (SSSR count). The van der Waals surface area contributed by atoms with Gasteiger partial charge >= 0.3 is 5.97 Å². The second kappa shape index (κ2) is 13.9. The largest absolute Gasteiger partial charge is 0.462 e. The molecule has 0 fully saturated rings. The van der Waals surface area contributed by atoms with Crippen LogP contribution in [0.5, 0.6) is 0 Å². The summed E-state index contributed by atoms with van der Waals surface area (Å²) in [4.78, 5) is 17.2. The Hall–Kier alpha value is -6.58. The van der Waals surface area contributed by atoms with Gasteiger partial charge < -0.3 is 4.74 Å². The number of ether oxygens (including phenoxy) is 1. The molecule has 0 aliphatic heterocycles. The van der Waals surface area contributed by atoms with Gasteiger partial charge in [-0.1, -0.05) is 121 Å². The Morgan fingerprint density at radius 1 is 0.660 bits per heavy atom. The molecule has 0 atom stereocenters. The van der Waals surface area contributed by atoms with Crippen molar-refractivity contribution < 1.29 is 17.9 Å². The molecule has 0 aliphatic rings. The summed E-state index contributed by atoms with van der Waals surface area (Å²) < 4.78 is 36.7. The molecule has 3 aromatic heterocycles. The molecule has 3 heterocycles. The van der Waals surface area contributed by atoms with Crippen LogP contribution in [0.15, 0.2) is 181 Å². The topological polar surface area (TPSA) is 96.1 Å². The maximum Gasteiger partial charge on any atom is 0.338 e. The Balaban J connectivity index is 1.35. The van der Waals surface area contributed by atoms with Gasteiger partial charge in [-0.2, -0.15) is 5.10 Å². The molecule has 260 valence electrons. The standard InChI is InChI=1S/C44H34N4O4S/c1-2-52-43(49)33-25-23-32(24-26-33)34-27-40-41(31-47(42(40)45-28-34)53(50,51)39-21-13-6-14-22-39)35-29-46-48(30-35)44(36-15-7-3-8-16-36,37-17-9-4-10-18-37)38-19-11-5-12-20-38/h3-31H,2H2,1H3. The monoisotopic (exact) mass is 714 g/mol. The Bertz CT molecular complexity index is 2540. The summed E-state index contributed by atoms with van der Waals surface area (Å²) in [5.41, 5.74) is 5.81. The Morgan fingerprint density at radius 2 is 1.21 bits per heavy atom. The lowest BCUT2D eigenvalue weighted by atomic mass is 9.77. The molecule has 0 aliphatic carbocycles. The van der Waals surface area contributed by atoms with Crippen LogP contribution in [-0.4, -0.2) is 39.7 Å². The lowest BCUT2D eigenvalue weighted by Crippen LogP contribution is -2.38. The van der Waals surface area contributed by atoms with Crippen LogP contribution in [0, 0.1) is 0 Å². The zero-order valence-corrected chi connectivity index (χ0v) is 29.6. The maximum atomic E-state index is 14.2. The quantitative estimate of drug-likeness (QED) is 0.104. The van der Waals surface area contributed by atoms with Crippen LogP contribution in [0.1, 0.15) is 34.0 Å². The minimum atomic E-state index is -4.03. The van der Waals surface area contributed by atoms with Gasteiger partial charge in [-0.15, -0.1) is 0 Å². The van der Waals surface area contributed by atoms with Gasteiger partial charge in [0.2, 0.25) is 0 Å². The SMILES string of the molecule is CCOC(=O)c1ccc(-c2cnc3c(c2)c(-c2cnn(C(c4ccccc4)(c4ccccc4)c4ccccc4)c2)cn3S(=O)(=O)c2ccccc2)cc1. The minimum Gasteiger partial charge on any atom is -0.462 e. The molecule has 53 heavy (non-hydrogen) atoms. The number of benzene rings is 5. The number of rotatable bonds is 10. The fraction of sp³-hybridized carbons (Fsp3) is 0.0682. The molecule has 0 bridgehead atoms. The van der Waals surface area contributed by atoms with Crippen LogP contribution in [0.4, 0.5) is 0 Å². The fourth-order valence-corrected chi connectivity index (χ4v) is 8.30. The molecular formula is C44H34N4O4S. The van der Waals surface area contributed by atoms with Crippen molar-refractivity contribution in [3.05, 3.63) is 199 Å². The summed E-state index contributed by atoms with van der Waals surface area (Å²) in [6.45, 7) is 2.05. The molecular weight excluding hydrogens is 681 g/mol. The summed E-state index contributed by atoms with van der Waals surface area (Å²) in [6.07, 6.45) is 7.03. The summed E-state index contributed by atoms with van der Waals surface area (Å²) in [7, 11) is -4.03. The third-order valence-electron chi connectivity index (χ3n) is 9.45. The van der Waals surface area contributed by atoms with Gasteiger partial charge in [0.05, 0.1) is 23.3 Å². The van der Waals surface area contributed by atoms with Crippen LogP contribution in [0.2, 0.25) is 0 Å². The summed E-state index contributed by atoms with van der Waals surface area (Å²) in [6, 6.07) is 48.1. The van der Waals surface area contributed by atoms with E-state index in [0.29, 0.717) is 22.1 Å².